The first kappa shape index (κ1) is 28.9. The molecule has 0 spiro atoms. The summed E-state index contributed by atoms with van der Waals surface area (Å²) >= 11 is 0. The third-order valence-electron chi connectivity index (χ3n) is 5.97. The van der Waals surface area contributed by atoms with Crippen molar-refractivity contribution in [3.8, 4) is 0 Å². The fourth-order valence-corrected chi connectivity index (χ4v) is 4.10. The number of alkyl halides is 3. The van der Waals surface area contributed by atoms with Crippen LogP contribution in [0, 0.1) is 15.9 Å². The Morgan fingerprint density at radius 3 is 2.49 bits per heavy atom. The van der Waals surface area contributed by atoms with Crippen LogP contribution in [0.5, 0.6) is 0 Å². The first-order chi connectivity index (χ1) is 19.3. The summed E-state index contributed by atoms with van der Waals surface area (Å²) in [5, 5.41) is 13.6. The number of carbonyl (C=O) groups excluding carboxylic acids is 2. The third kappa shape index (κ3) is 6.72. The summed E-state index contributed by atoms with van der Waals surface area (Å²) in [6.45, 7) is 1.81. The Hall–Kier alpha value is -5.14. The molecule has 1 atom stereocenters. The fraction of sp³-hybridized carbons (Fsp3) is 0.185. The number of ether oxygens (including phenoxy) is 1. The van der Waals surface area contributed by atoms with Crippen molar-refractivity contribution < 1.29 is 36.8 Å². The topological polar surface area (TPSA) is 150 Å². The van der Waals surface area contributed by atoms with Crippen molar-refractivity contribution >= 4 is 29.1 Å². The van der Waals surface area contributed by atoms with E-state index < -0.39 is 40.5 Å². The maximum atomic E-state index is 14.4. The summed E-state index contributed by atoms with van der Waals surface area (Å²) in [6.07, 6.45) is -4.90. The number of piperidine rings is 1. The molecule has 1 aliphatic rings. The Labute approximate surface area is 229 Å². The lowest BCUT2D eigenvalue weighted by atomic mass is 9.99. The second kappa shape index (κ2) is 11.5. The zero-order valence-electron chi connectivity index (χ0n) is 21.2. The lowest BCUT2D eigenvalue weighted by Gasteiger charge is -2.21. The highest BCUT2D eigenvalue weighted by atomic mass is 19.4. The van der Waals surface area contributed by atoms with E-state index in [-0.39, 0.29) is 46.0 Å². The first-order valence-electron chi connectivity index (χ1n) is 11.9. The molecule has 3 N–H and O–H groups in total. The number of amides is 1. The number of non-ortho nitro benzene ring substituents is 1. The van der Waals surface area contributed by atoms with Crippen molar-refractivity contribution in [2.24, 2.45) is 10.7 Å². The zero-order chi connectivity index (χ0) is 29.9. The van der Waals surface area contributed by atoms with E-state index in [2.05, 4.69) is 15.3 Å². The Morgan fingerprint density at radius 1 is 1.15 bits per heavy atom. The van der Waals surface area contributed by atoms with Gasteiger partial charge in [0.2, 0.25) is 0 Å². The molecule has 1 aromatic heterocycles. The highest BCUT2D eigenvalue weighted by Gasteiger charge is 2.33. The van der Waals surface area contributed by atoms with Gasteiger partial charge in [0, 0.05) is 48.1 Å². The van der Waals surface area contributed by atoms with E-state index in [1.807, 2.05) is 0 Å². The molecule has 0 saturated carbocycles. The van der Waals surface area contributed by atoms with Gasteiger partial charge >= 0.3 is 12.1 Å². The number of nitro benzene ring substituents is 1. The number of nitrogens with zero attached hydrogens (tertiary/aromatic N) is 3. The zero-order valence-corrected chi connectivity index (χ0v) is 21.2. The number of allylic oxidation sites excluding steroid dienone is 1. The van der Waals surface area contributed by atoms with Crippen LogP contribution in [0.15, 0.2) is 77.1 Å². The molecule has 0 aliphatic carbocycles. The molecule has 3 aromatic rings. The average molecular weight is 571 g/mol. The van der Waals surface area contributed by atoms with Crippen LogP contribution in [-0.2, 0) is 15.7 Å². The number of hydrogen-bond acceptors (Lipinski definition) is 8. The van der Waals surface area contributed by atoms with Gasteiger partial charge in [-0.05, 0) is 49.4 Å². The molecule has 1 aliphatic heterocycles. The molecule has 2 heterocycles. The standard InChI is InChI=1S/C27H21F4N5O5/c1-14(32)23-21(7-9-34-25(23)37)35-22-12-16(6-8-33-22)24(17-10-18(27(29,30)31)13-19(28)11-17)41-26(38)15-2-4-20(5-3-15)36(39)40/h2-6,8,10-13,24H,7,9,32H2,1H3,(H,34,37)/b23-14+,35-21?. The van der Waals surface area contributed by atoms with E-state index in [0.717, 1.165) is 30.3 Å². The molecule has 1 fully saturated rings. The van der Waals surface area contributed by atoms with E-state index in [4.69, 9.17) is 10.5 Å². The van der Waals surface area contributed by atoms with Crippen LogP contribution >= 0.6 is 0 Å². The Balaban J connectivity index is 1.79. The monoisotopic (exact) mass is 571 g/mol. The number of esters is 1. The largest absolute Gasteiger partial charge is 0.449 e. The summed E-state index contributed by atoms with van der Waals surface area (Å²) in [5.74, 6) is -2.67. The van der Waals surface area contributed by atoms with Gasteiger partial charge in [-0.3, -0.25) is 14.9 Å². The lowest BCUT2D eigenvalue weighted by molar-refractivity contribution is -0.384. The molecule has 212 valence electrons. The van der Waals surface area contributed by atoms with Crippen LogP contribution in [0.2, 0.25) is 0 Å². The SMILES string of the molecule is C/C(N)=C1\C(=O)NCCC1=Nc1cc(C(OC(=O)c2ccc([N+](=O)[O-])cc2)c2cc(F)cc(C(F)(F)F)c2)ccn1. The number of aliphatic imine (C=N–C) groups is 1. The lowest BCUT2D eigenvalue weighted by Crippen LogP contribution is -2.37. The molecule has 2 aromatic carbocycles. The number of nitrogens with two attached hydrogens (primary N) is 1. The van der Waals surface area contributed by atoms with E-state index in [1.165, 1.54) is 25.3 Å². The Kier molecular flexibility index (Phi) is 8.12. The van der Waals surface area contributed by atoms with Crippen LogP contribution < -0.4 is 11.1 Å². The maximum absolute atomic E-state index is 14.4. The number of pyridine rings is 1. The van der Waals surface area contributed by atoms with Gasteiger partial charge in [0.15, 0.2) is 11.9 Å². The number of nitrogens with one attached hydrogen (secondary N) is 1. The molecule has 1 saturated heterocycles. The van der Waals surface area contributed by atoms with Crippen LogP contribution in [-0.4, -0.2) is 34.0 Å². The molecule has 0 bridgehead atoms. The molecule has 1 unspecified atom stereocenters. The van der Waals surface area contributed by atoms with Gasteiger partial charge in [-0.2, -0.15) is 13.2 Å². The van der Waals surface area contributed by atoms with Gasteiger partial charge in [0.25, 0.3) is 11.6 Å². The molecule has 1 amide bonds. The summed E-state index contributed by atoms with van der Waals surface area (Å²) < 4.78 is 60.4. The van der Waals surface area contributed by atoms with Gasteiger partial charge in [-0.1, -0.05) is 0 Å². The number of rotatable bonds is 6. The molecular formula is C27H21F4N5O5. The predicted octanol–water partition coefficient (Wildman–Crippen LogP) is 4.92. The molecular weight excluding hydrogens is 550 g/mol. The fourth-order valence-electron chi connectivity index (χ4n) is 4.10. The van der Waals surface area contributed by atoms with Gasteiger partial charge in [-0.25, -0.2) is 19.2 Å². The molecule has 0 radical (unpaired) electrons. The summed E-state index contributed by atoms with van der Waals surface area (Å²) in [4.78, 5) is 44.1. The predicted molar refractivity (Wildman–Crippen MR) is 138 cm³/mol. The Morgan fingerprint density at radius 2 is 1.85 bits per heavy atom. The number of aromatic nitrogens is 1. The molecule has 4 rings (SSSR count). The highest BCUT2D eigenvalue weighted by Crippen LogP contribution is 2.35. The molecule has 10 nitrogen and oxygen atoms in total. The van der Waals surface area contributed by atoms with Crippen LogP contribution in [0.4, 0.5) is 29.1 Å². The van der Waals surface area contributed by atoms with Gasteiger partial charge in [-0.15, -0.1) is 0 Å². The summed E-state index contributed by atoms with van der Waals surface area (Å²) in [5.41, 5.74) is 4.55. The second-order valence-corrected chi connectivity index (χ2v) is 8.93. The highest BCUT2D eigenvalue weighted by molar-refractivity contribution is 6.24. The smallest absolute Gasteiger partial charge is 0.416 e. The van der Waals surface area contributed by atoms with Crippen molar-refractivity contribution in [2.45, 2.75) is 25.6 Å². The van der Waals surface area contributed by atoms with E-state index >= 15 is 0 Å². The normalized spacial score (nSPS) is 16.6. The third-order valence-corrected chi connectivity index (χ3v) is 5.97. The van der Waals surface area contributed by atoms with E-state index in [0.29, 0.717) is 24.3 Å². The number of halogens is 4. The summed E-state index contributed by atoms with van der Waals surface area (Å²) in [6, 6.07) is 8.74. The van der Waals surface area contributed by atoms with Crippen molar-refractivity contribution in [3.63, 3.8) is 0 Å². The van der Waals surface area contributed by atoms with E-state index in [1.54, 1.807) is 0 Å². The van der Waals surface area contributed by atoms with E-state index in [9.17, 15) is 37.3 Å². The van der Waals surface area contributed by atoms with Gasteiger partial charge in [0.05, 0.1) is 27.3 Å². The average Bonchev–Trinajstić information content (AvgIpc) is 2.90. The number of benzene rings is 2. The van der Waals surface area contributed by atoms with Gasteiger partial charge < -0.3 is 15.8 Å². The maximum Gasteiger partial charge on any atom is 0.416 e. The van der Waals surface area contributed by atoms with Crippen molar-refractivity contribution in [1.29, 1.82) is 0 Å². The van der Waals surface area contributed by atoms with Crippen LogP contribution in [0.1, 0.15) is 46.5 Å². The Bertz CT molecular complexity index is 1580. The second-order valence-electron chi connectivity index (χ2n) is 8.93. The van der Waals surface area contributed by atoms with Gasteiger partial charge in [0.1, 0.15) is 5.82 Å². The minimum atomic E-state index is -4.90. The number of nitro groups is 1. The van der Waals surface area contributed by atoms with Crippen molar-refractivity contribution in [1.82, 2.24) is 10.3 Å². The minimum absolute atomic E-state index is 0.0229. The molecule has 41 heavy (non-hydrogen) atoms. The van der Waals surface area contributed by atoms with Crippen LogP contribution in [0.25, 0.3) is 0 Å². The first-order valence-corrected chi connectivity index (χ1v) is 11.9. The minimum Gasteiger partial charge on any atom is -0.449 e. The van der Waals surface area contributed by atoms with Crippen LogP contribution in [0.3, 0.4) is 0 Å². The van der Waals surface area contributed by atoms with Crippen molar-refractivity contribution in [2.75, 3.05) is 6.54 Å². The number of hydrogen-bond donors (Lipinski definition) is 2. The molecule has 14 heteroatoms. The quantitative estimate of drug-likeness (QED) is 0.140. The van der Waals surface area contributed by atoms with Crippen molar-refractivity contribution in [3.05, 3.63) is 110 Å². The summed E-state index contributed by atoms with van der Waals surface area (Å²) in [7, 11) is 0. The number of carbonyl (C=O) groups is 2.